The van der Waals surface area contributed by atoms with Crippen molar-refractivity contribution in [1.82, 2.24) is 15.5 Å². The lowest BCUT2D eigenvalue weighted by Crippen LogP contribution is -2.54. The van der Waals surface area contributed by atoms with Gasteiger partial charge in [-0.2, -0.15) is 0 Å². The molecule has 4 atom stereocenters. The Labute approximate surface area is 211 Å². The summed E-state index contributed by atoms with van der Waals surface area (Å²) >= 11 is 0. The average molecular weight is 495 g/mol. The fourth-order valence-electron chi connectivity index (χ4n) is 4.77. The van der Waals surface area contributed by atoms with Gasteiger partial charge in [0, 0.05) is 19.3 Å². The summed E-state index contributed by atoms with van der Waals surface area (Å²) in [7, 11) is 1.76. The molecule has 0 bridgehead atoms. The highest BCUT2D eigenvalue weighted by Crippen LogP contribution is 2.32. The number of carbonyl (C=O) groups excluding carboxylic acids is 3. The van der Waals surface area contributed by atoms with Gasteiger partial charge in [0.25, 0.3) is 5.91 Å². The van der Waals surface area contributed by atoms with Crippen LogP contribution in [0.15, 0.2) is 48.5 Å². The predicted molar refractivity (Wildman–Crippen MR) is 136 cm³/mol. The van der Waals surface area contributed by atoms with Crippen molar-refractivity contribution in [2.45, 2.75) is 57.4 Å². The summed E-state index contributed by atoms with van der Waals surface area (Å²) in [6.45, 7) is 4.55. The fraction of sp³-hybridized carbons (Fsp3) is 0.444. The zero-order valence-electron chi connectivity index (χ0n) is 21.0. The van der Waals surface area contributed by atoms with Gasteiger partial charge in [0.1, 0.15) is 18.5 Å². The van der Waals surface area contributed by atoms with Gasteiger partial charge in [-0.05, 0) is 50.5 Å². The highest BCUT2D eigenvalue weighted by atomic mass is 16.5. The topological polar surface area (TPSA) is 109 Å². The number of benzene rings is 2. The monoisotopic (exact) mass is 494 g/mol. The number of ether oxygens (including phenoxy) is 2. The van der Waals surface area contributed by atoms with Crippen molar-refractivity contribution < 1.29 is 23.9 Å². The number of hydrogen-bond acceptors (Lipinski definition) is 5. The second-order valence-corrected chi connectivity index (χ2v) is 9.27. The van der Waals surface area contributed by atoms with E-state index in [2.05, 4.69) is 16.0 Å². The molecular weight excluding hydrogens is 460 g/mol. The maximum Gasteiger partial charge on any atom is 0.319 e. The molecule has 0 aromatic heterocycles. The van der Waals surface area contributed by atoms with Gasteiger partial charge < -0.3 is 30.3 Å². The molecule has 36 heavy (non-hydrogen) atoms. The zero-order valence-corrected chi connectivity index (χ0v) is 21.0. The van der Waals surface area contributed by atoms with Crippen LogP contribution >= 0.6 is 0 Å². The molecule has 4 rings (SSSR count). The fourth-order valence-corrected chi connectivity index (χ4v) is 4.77. The Morgan fingerprint density at radius 1 is 1.14 bits per heavy atom. The normalized spacial score (nSPS) is 22.1. The van der Waals surface area contributed by atoms with Gasteiger partial charge in [-0.15, -0.1) is 0 Å². The number of rotatable bonds is 6. The molecule has 0 saturated carbocycles. The molecule has 2 heterocycles. The van der Waals surface area contributed by atoms with E-state index in [1.54, 1.807) is 30.1 Å². The van der Waals surface area contributed by atoms with E-state index in [-0.39, 0.29) is 55.2 Å². The molecule has 4 amide bonds. The van der Waals surface area contributed by atoms with Crippen molar-refractivity contribution in [3.8, 4) is 5.75 Å². The Balaban J connectivity index is 1.39. The minimum Gasteiger partial charge on any atom is -0.490 e. The Kier molecular flexibility index (Phi) is 8.10. The molecule has 0 aliphatic carbocycles. The summed E-state index contributed by atoms with van der Waals surface area (Å²) in [5.41, 5.74) is 1.95. The molecule has 1 fully saturated rings. The van der Waals surface area contributed by atoms with Crippen molar-refractivity contribution in [1.29, 1.82) is 0 Å². The van der Waals surface area contributed by atoms with Crippen LogP contribution in [0.2, 0.25) is 0 Å². The van der Waals surface area contributed by atoms with Crippen molar-refractivity contribution in [3.05, 3.63) is 59.7 Å². The number of nitrogens with zero attached hydrogens (tertiary/aromatic N) is 1. The summed E-state index contributed by atoms with van der Waals surface area (Å²) < 4.78 is 12.3. The van der Waals surface area contributed by atoms with E-state index in [9.17, 15) is 14.4 Å². The smallest absolute Gasteiger partial charge is 0.319 e. The Hall–Kier alpha value is -3.59. The van der Waals surface area contributed by atoms with E-state index in [1.807, 2.05) is 44.2 Å². The van der Waals surface area contributed by atoms with Gasteiger partial charge in [-0.3, -0.25) is 9.59 Å². The first-order valence-electron chi connectivity index (χ1n) is 12.4. The molecule has 2 aliphatic heterocycles. The minimum absolute atomic E-state index is 0.0662. The van der Waals surface area contributed by atoms with E-state index in [1.165, 1.54) is 0 Å². The van der Waals surface area contributed by atoms with Crippen LogP contribution in [0, 0.1) is 0 Å². The number of amides is 4. The third-order valence-corrected chi connectivity index (χ3v) is 6.70. The number of carbonyl (C=O) groups is 3. The number of fused-ring (bicyclic) bond motifs is 2. The van der Waals surface area contributed by atoms with Crippen LogP contribution < -0.4 is 20.7 Å². The molecule has 3 N–H and O–H groups in total. The van der Waals surface area contributed by atoms with Crippen LogP contribution in [0.25, 0.3) is 0 Å². The van der Waals surface area contributed by atoms with Crippen LogP contribution in [0.4, 0.5) is 10.5 Å². The lowest BCUT2D eigenvalue weighted by atomic mass is 9.94. The molecule has 2 aromatic carbocycles. The minimum atomic E-state index is -0.349. The number of likely N-dealkylation sites (N-methyl/N-ethyl adjacent to an activating group) is 1. The van der Waals surface area contributed by atoms with Crippen molar-refractivity contribution >= 4 is 23.5 Å². The Bertz CT molecular complexity index is 1090. The zero-order chi connectivity index (χ0) is 25.7. The third kappa shape index (κ3) is 5.96. The first kappa shape index (κ1) is 25.5. The SMILES string of the molecule is CCNC(=O)Nc1ccc2c(c1)C(=O)N(C)[C@@H]1CC[C@@H](CC(=O)N[C@@H](C)c3ccccc3)O[C@@H]1CO2. The molecule has 0 radical (unpaired) electrons. The molecule has 192 valence electrons. The van der Waals surface area contributed by atoms with Gasteiger partial charge in [0.15, 0.2) is 0 Å². The quantitative estimate of drug-likeness (QED) is 0.570. The van der Waals surface area contributed by atoms with Gasteiger partial charge in [-0.1, -0.05) is 30.3 Å². The summed E-state index contributed by atoms with van der Waals surface area (Å²) in [6.07, 6.45) is 1.03. The molecule has 1 saturated heterocycles. The van der Waals surface area contributed by atoms with Gasteiger partial charge in [-0.25, -0.2) is 4.79 Å². The van der Waals surface area contributed by atoms with Crippen LogP contribution in [-0.4, -0.2) is 61.2 Å². The second kappa shape index (κ2) is 11.4. The lowest BCUT2D eigenvalue weighted by molar-refractivity contribution is -0.134. The summed E-state index contributed by atoms with van der Waals surface area (Å²) in [4.78, 5) is 39.6. The van der Waals surface area contributed by atoms with E-state index in [4.69, 9.17) is 9.47 Å². The number of nitrogens with one attached hydrogen (secondary N) is 3. The number of anilines is 1. The Morgan fingerprint density at radius 2 is 1.92 bits per heavy atom. The molecule has 2 aromatic rings. The van der Waals surface area contributed by atoms with E-state index in [0.717, 1.165) is 5.56 Å². The third-order valence-electron chi connectivity index (χ3n) is 6.70. The van der Waals surface area contributed by atoms with E-state index < -0.39 is 0 Å². The van der Waals surface area contributed by atoms with Crippen molar-refractivity contribution in [2.75, 3.05) is 25.5 Å². The highest BCUT2D eigenvalue weighted by molar-refractivity contribution is 5.99. The maximum atomic E-state index is 13.3. The lowest BCUT2D eigenvalue weighted by Gasteiger charge is -2.42. The van der Waals surface area contributed by atoms with E-state index >= 15 is 0 Å². The molecule has 9 nitrogen and oxygen atoms in total. The molecule has 0 unspecified atom stereocenters. The predicted octanol–water partition coefficient (Wildman–Crippen LogP) is 3.48. The molecule has 9 heteroatoms. The maximum absolute atomic E-state index is 13.3. The summed E-state index contributed by atoms with van der Waals surface area (Å²) in [5, 5.41) is 8.44. The van der Waals surface area contributed by atoms with Crippen LogP contribution in [0.5, 0.6) is 5.75 Å². The van der Waals surface area contributed by atoms with Gasteiger partial charge >= 0.3 is 6.03 Å². The second-order valence-electron chi connectivity index (χ2n) is 9.27. The van der Waals surface area contributed by atoms with Gasteiger partial charge in [0.2, 0.25) is 5.91 Å². The average Bonchev–Trinajstić information content (AvgIpc) is 2.87. The molecule has 2 aliphatic rings. The summed E-state index contributed by atoms with van der Waals surface area (Å²) in [5.74, 6) is 0.172. The van der Waals surface area contributed by atoms with E-state index in [0.29, 0.717) is 36.4 Å². The standard InChI is InChI=1S/C27H34N4O5/c1-4-28-27(34)30-19-10-13-23-21(14-19)26(33)31(3)22-12-11-20(36-24(22)16-35-23)15-25(32)29-17(2)18-8-6-5-7-9-18/h5-10,13-14,17,20,22,24H,4,11-12,15-16H2,1-3H3,(H,29,32)(H2,28,30,34)/t17-,20-,22+,24+/m0/s1. The van der Waals surface area contributed by atoms with Crippen LogP contribution in [0.1, 0.15) is 55.1 Å². The van der Waals surface area contributed by atoms with Gasteiger partial charge in [0.05, 0.1) is 30.2 Å². The Morgan fingerprint density at radius 3 is 2.67 bits per heavy atom. The number of hydrogen-bond donors (Lipinski definition) is 3. The first-order chi connectivity index (χ1) is 17.4. The van der Waals surface area contributed by atoms with Crippen molar-refractivity contribution in [2.24, 2.45) is 0 Å². The largest absolute Gasteiger partial charge is 0.490 e. The number of urea groups is 1. The van der Waals surface area contributed by atoms with Crippen LogP contribution in [-0.2, 0) is 9.53 Å². The molecule has 0 spiro atoms. The summed E-state index contributed by atoms with van der Waals surface area (Å²) in [6, 6.07) is 14.2. The van der Waals surface area contributed by atoms with Crippen LogP contribution in [0.3, 0.4) is 0 Å². The first-order valence-corrected chi connectivity index (χ1v) is 12.4. The van der Waals surface area contributed by atoms with Crippen molar-refractivity contribution in [3.63, 3.8) is 0 Å². The molecular formula is C27H34N4O5. The highest BCUT2D eigenvalue weighted by Gasteiger charge is 2.39.